The van der Waals surface area contributed by atoms with Crippen LogP contribution in [0.1, 0.15) is 11.4 Å². The number of carbonyl (C=O) groups is 1. The first-order valence-corrected chi connectivity index (χ1v) is 11.7. The van der Waals surface area contributed by atoms with E-state index in [0.717, 1.165) is 33.8 Å². The van der Waals surface area contributed by atoms with Crippen LogP contribution < -0.4 is 10.0 Å². The first-order valence-electron chi connectivity index (χ1n) is 9.35. The second-order valence-electron chi connectivity index (χ2n) is 6.71. The number of rotatable bonds is 8. The number of anilines is 1. The van der Waals surface area contributed by atoms with Crippen molar-refractivity contribution in [3.05, 3.63) is 77.4 Å². The lowest BCUT2D eigenvalue weighted by Gasteiger charge is -2.08. The third kappa shape index (κ3) is 4.87. The number of aromatic amines is 1. The summed E-state index contributed by atoms with van der Waals surface area (Å²) in [5, 5.41) is 4.60. The van der Waals surface area contributed by atoms with Crippen molar-refractivity contribution in [2.75, 3.05) is 11.3 Å². The van der Waals surface area contributed by atoms with E-state index in [1.165, 1.54) is 0 Å². The maximum absolute atomic E-state index is 12.2. The highest BCUT2D eigenvalue weighted by Crippen LogP contribution is 2.20. The van der Waals surface area contributed by atoms with Gasteiger partial charge < -0.3 is 10.3 Å². The van der Waals surface area contributed by atoms with Crippen LogP contribution in [0.3, 0.4) is 0 Å². The molecule has 0 fully saturated rings. The molecule has 2 aromatic heterocycles. The lowest BCUT2D eigenvalue weighted by atomic mass is 10.1. The number of aromatic nitrogens is 2. The van der Waals surface area contributed by atoms with Crippen molar-refractivity contribution in [2.24, 2.45) is 0 Å². The summed E-state index contributed by atoms with van der Waals surface area (Å²) in [5.41, 5.74) is 3.15. The van der Waals surface area contributed by atoms with Crippen molar-refractivity contribution in [3.8, 4) is 0 Å². The van der Waals surface area contributed by atoms with Gasteiger partial charge in [0, 0.05) is 18.7 Å². The van der Waals surface area contributed by atoms with E-state index in [2.05, 4.69) is 20.0 Å². The van der Waals surface area contributed by atoms with E-state index in [-0.39, 0.29) is 16.5 Å². The number of hydrogen-bond acceptors (Lipinski definition) is 5. The minimum Gasteiger partial charge on any atom is -0.355 e. The predicted molar refractivity (Wildman–Crippen MR) is 118 cm³/mol. The van der Waals surface area contributed by atoms with Gasteiger partial charge in [-0.25, -0.2) is 13.4 Å². The number of carbonyl (C=O) groups excluding carboxylic acids is 1. The molecule has 0 radical (unpaired) electrons. The summed E-state index contributed by atoms with van der Waals surface area (Å²) in [7, 11) is -3.57. The van der Waals surface area contributed by atoms with E-state index in [4.69, 9.17) is 0 Å². The van der Waals surface area contributed by atoms with Gasteiger partial charge in [0.25, 0.3) is 10.0 Å². The van der Waals surface area contributed by atoms with Crippen molar-refractivity contribution in [2.45, 2.75) is 17.1 Å². The fourth-order valence-corrected chi connectivity index (χ4v) is 5.06. The number of para-hydroxylation sites is 2. The van der Waals surface area contributed by atoms with Crippen LogP contribution in [-0.4, -0.2) is 30.8 Å². The van der Waals surface area contributed by atoms with Gasteiger partial charge in [-0.15, -0.1) is 11.3 Å². The van der Waals surface area contributed by atoms with Gasteiger partial charge in [0.05, 0.1) is 17.5 Å². The van der Waals surface area contributed by atoms with Crippen LogP contribution in [-0.2, 0) is 27.7 Å². The van der Waals surface area contributed by atoms with E-state index in [1.807, 2.05) is 24.3 Å². The zero-order valence-corrected chi connectivity index (χ0v) is 17.6. The van der Waals surface area contributed by atoms with Crippen LogP contribution in [0.15, 0.2) is 70.3 Å². The third-order valence-electron chi connectivity index (χ3n) is 4.45. The van der Waals surface area contributed by atoms with E-state index >= 15 is 0 Å². The van der Waals surface area contributed by atoms with E-state index in [0.29, 0.717) is 18.7 Å². The normalized spacial score (nSPS) is 11.5. The highest BCUT2D eigenvalue weighted by molar-refractivity contribution is 7.94. The van der Waals surface area contributed by atoms with Crippen LogP contribution in [0.2, 0.25) is 0 Å². The Morgan fingerprint density at radius 1 is 1.03 bits per heavy atom. The van der Waals surface area contributed by atoms with Crippen LogP contribution in [0.5, 0.6) is 0 Å². The molecule has 1 amide bonds. The summed E-state index contributed by atoms with van der Waals surface area (Å²) in [4.78, 5) is 19.9. The molecule has 0 saturated carbocycles. The van der Waals surface area contributed by atoms with Gasteiger partial charge in [-0.1, -0.05) is 30.3 Å². The molecule has 0 saturated heterocycles. The molecule has 0 atom stereocenters. The molecule has 0 bridgehead atoms. The van der Waals surface area contributed by atoms with Crippen molar-refractivity contribution < 1.29 is 13.2 Å². The standard InChI is InChI=1S/C21H20N4O3S2/c26-20(22-12-11-19-23-17-4-1-2-5-18(17)24-19)14-15-7-9-16(10-8-15)25-30(27,28)21-6-3-13-29-21/h1-10,13,25H,11-12,14H2,(H,22,26)(H,23,24). The minimum atomic E-state index is -3.57. The monoisotopic (exact) mass is 440 g/mol. The SMILES string of the molecule is O=C(Cc1ccc(NS(=O)(=O)c2cccs2)cc1)NCCc1nc2ccccc2[nH]1. The highest BCUT2D eigenvalue weighted by atomic mass is 32.2. The summed E-state index contributed by atoms with van der Waals surface area (Å²) in [6, 6.07) is 17.8. The number of amides is 1. The molecule has 4 aromatic rings. The highest BCUT2D eigenvalue weighted by Gasteiger charge is 2.15. The lowest BCUT2D eigenvalue weighted by molar-refractivity contribution is -0.120. The number of nitrogens with zero attached hydrogens (tertiary/aromatic N) is 1. The first kappa shape index (κ1) is 20.1. The molecular formula is C21H20N4O3S2. The molecule has 0 aliphatic heterocycles. The zero-order valence-electron chi connectivity index (χ0n) is 16.0. The molecule has 0 aliphatic rings. The second-order valence-corrected chi connectivity index (χ2v) is 9.57. The lowest BCUT2D eigenvalue weighted by Crippen LogP contribution is -2.27. The summed E-state index contributed by atoms with van der Waals surface area (Å²) < 4.78 is 27.3. The Labute approximate surface area is 178 Å². The second kappa shape index (κ2) is 8.68. The summed E-state index contributed by atoms with van der Waals surface area (Å²) in [6.45, 7) is 0.483. The first-order chi connectivity index (χ1) is 14.5. The fourth-order valence-electron chi connectivity index (χ4n) is 3.00. The summed E-state index contributed by atoms with van der Waals surface area (Å²) >= 11 is 1.16. The molecule has 9 heteroatoms. The molecular weight excluding hydrogens is 420 g/mol. The molecule has 3 N–H and O–H groups in total. The molecule has 30 heavy (non-hydrogen) atoms. The van der Waals surface area contributed by atoms with E-state index < -0.39 is 10.0 Å². The van der Waals surface area contributed by atoms with Gasteiger partial charge in [0.2, 0.25) is 5.91 Å². The number of thiophene rings is 1. The molecule has 154 valence electrons. The van der Waals surface area contributed by atoms with Gasteiger partial charge in [-0.05, 0) is 41.3 Å². The Bertz CT molecular complexity index is 1210. The smallest absolute Gasteiger partial charge is 0.271 e. The number of sulfonamides is 1. The number of hydrogen-bond donors (Lipinski definition) is 3. The molecule has 0 unspecified atom stereocenters. The summed E-state index contributed by atoms with van der Waals surface area (Å²) in [5.74, 6) is 0.733. The molecule has 0 aliphatic carbocycles. The largest absolute Gasteiger partial charge is 0.355 e. The quantitative estimate of drug-likeness (QED) is 0.391. The van der Waals surface area contributed by atoms with Crippen LogP contribution in [0.4, 0.5) is 5.69 Å². The van der Waals surface area contributed by atoms with Crippen molar-refractivity contribution in [1.29, 1.82) is 0 Å². The fraction of sp³-hybridized carbons (Fsp3) is 0.143. The van der Waals surface area contributed by atoms with Crippen LogP contribution in [0.25, 0.3) is 11.0 Å². The number of benzene rings is 2. The number of H-pyrrole nitrogens is 1. The van der Waals surface area contributed by atoms with Gasteiger partial charge in [-0.2, -0.15) is 0 Å². The van der Waals surface area contributed by atoms with Gasteiger partial charge >= 0.3 is 0 Å². The minimum absolute atomic E-state index is 0.0990. The average Bonchev–Trinajstić information content (AvgIpc) is 3.39. The summed E-state index contributed by atoms with van der Waals surface area (Å²) in [6.07, 6.45) is 0.835. The number of fused-ring (bicyclic) bond motifs is 1. The zero-order chi connectivity index (χ0) is 21.0. The molecule has 0 spiro atoms. The third-order valence-corrected chi connectivity index (χ3v) is 7.23. The Morgan fingerprint density at radius 2 is 1.83 bits per heavy atom. The van der Waals surface area contributed by atoms with Crippen molar-refractivity contribution in [1.82, 2.24) is 15.3 Å². The number of imidazole rings is 1. The predicted octanol–water partition coefficient (Wildman–Crippen LogP) is 3.33. The Morgan fingerprint density at radius 3 is 2.57 bits per heavy atom. The van der Waals surface area contributed by atoms with Crippen molar-refractivity contribution in [3.63, 3.8) is 0 Å². The molecule has 2 heterocycles. The van der Waals surface area contributed by atoms with Crippen LogP contribution in [0, 0.1) is 0 Å². The molecule has 4 rings (SSSR count). The number of nitrogens with one attached hydrogen (secondary N) is 3. The van der Waals surface area contributed by atoms with E-state index in [9.17, 15) is 13.2 Å². The molecule has 2 aromatic carbocycles. The van der Waals surface area contributed by atoms with Gasteiger partial charge in [-0.3, -0.25) is 9.52 Å². The Kier molecular flexibility index (Phi) is 5.82. The average molecular weight is 441 g/mol. The maximum Gasteiger partial charge on any atom is 0.271 e. The Balaban J connectivity index is 1.27. The van der Waals surface area contributed by atoms with Crippen molar-refractivity contribution >= 4 is 44.0 Å². The maximum atomic E-state index is 12.2. The van der Waals surface area contributed by atoms with Gasteiger partial charge in [0.15, 0.2) is 0 Å². The van der Waals surface area contributed by atoms with Gasteiger partial charge in [0.1, 0.15) is 10.0 Å². The molecule has 7 nitrogen and oxygen atoms in total. The Hall–Kier alpha value is -3.17. The van der Waals surface area contributed by atoms with E-state index in [1.54, 1.807) is 41.8 Å². The van der Waals surface area contributed by atoms with Crippen LogP contribution >= 0.6 is 11.3 Å². The topological polar surface area (TPSA) is 104 Å².